The van der Waals surface area contributed by atoms with E-state index in [4.69, 9.17) is 25.8 Å². The second kappa shape index (κ2) is 8.26. The van der Waals surface area contributed by atoms with E-state index < -0.39 is 12.0 Å². The fourth-order valence-corrected chi connectivity index (χ4v) is 4.18. The Morgan fingerprint density at radius 2 is 2.00 bits per heavy atom. The van der Waals surface area contributed by atoms with Gasteiger partial charge >= 0.3 is 5.97 Å². The first-order valence-electron chi connectivity index (χ1n) is 8.08. The molecule has 0 spiro atoms. The van der Waals surface area contributed by atoms with Crippen LogP contribution in [-0.2, 0) is 9.53 Å². The number of halogens is 1. The van der Waals surface area contributed by atoms with E-state index in [2.05, 4.69) is 0 Å². The number of ether oxygens (including phenoxy) is 3. The van der Waals surface area contributed by atoms with Gasteiger partial charge < -0.3 is 19.3 Å². The molecule has 8 heteroatoms. The maximum Gasteiger partial charge on any atom is 0.325 e. The Morgan fingerprint density at radius 3 is 2.54 bits per heavy atom. The molecule has 0 radical (unpaired) electrons. The third-order valence-corrected chi connectivity index (χ3v) is 5.62. The quantitative estimate of drug-likeness (QED) is 0.803. The summed E-state index contributed by atoms with van der Waals surface area (Å²) < 4.78 is 17.1. The number of hydrogen-bond acceptors (Lipinski definition) is 6. The second-order valence-corrected chi connectivity index (χ2v) is 7.63. The Kier molecular flexibility index (Phi) is 6.03. The average Bonchev–Trinajstić information content (AvgIpc) is 3.08. The molecule has 1 aliphatic heterocycles. The van der Waals surface area contributed by atoms with Gasteiger partial charge in [0.05, 0.1) is 25.2 Å². The summed E-state index contributed by atoms with van der Waals surface area (Å²) in [7, 11) is 3.08. The summed E-state index contributed by atoms with van der Waals surface area (Å²) in [5.41, 5.74) is 0.610. The summed E-state index contributed by atoms with van der Waals surface area (Å²) in [5, 5.41) is 9.88. The Labute approximate surface area is 160 Å². The molecule has 0 bridgehead atoms. The van der Waals surface area contributed by atoms with Gasteiger partial charge in [0.2, 0.25) is 0 Å². The maximum atomic E-state index is 12.1. The SMILES string of the molecule is COc1cc(OC)cc(C(C(=O)O)N2CCOC(c3ccc(Cl)s3)C2)c1. The number of carboxylic acids is 1. The van der Waals surface area contributed by atoms with Crippen LogP contribution in [-0.4, -0.2) is 49.9 Å². The van der Waals surface area contributed by atoms with E-state index >= 15 is 0 Å². The van der Waals surface area contributed by atoms with E-state index in [1.807, 2.05) is 17.0 Å². The Bertz CT molecular complexity index is 758. The number of morpholine rings is 1. The summed E-state index contributed by atoms with van der Waals surface area (Å²) in [6, 6.07) is 8.11. The normalized spacial score (nSPS) is 19.1. The molecule has 2 atom stereocenters. The standard InChI is InChI=1S/C18H20ClNO5S/c1-23-12-7-11(8-13(9-12)24-2)17(18(21)22)20-5-6-25-14(10-20)15-3-4-16(19)26-15/h3-4,7-9,14,17H,5-6,10H2,1-2H3,(H,21,22). The summed E-state index contributed by atoms with van der Waals surface area (Å²) in [5.74, 6) is 0.186. The van der Waals surface area contributed by atoms with Gasteiger partial charge in [-0.2, -0.15) is 0 Å². The maximum absolute atomic E-state index is 12.1. The first kappa shape index (κ1) is 19.0. The summed E-state index contributed by atoms with van der Waals surface area (Å²) in [4.78, 5) is 15.0. The summed E-state index contributed by atoms with van der Waals surface area (Å²) in [6.07, 6.45) is -0.199. The molecular weight excluding hydrogens is 378 g/mol. The summed E-state index contributed by atoms with van der Waals surface area (Å²) in [6.45, 7) is 1.44. The zero-order valence-electron chi connectivity index (χ0n) is 14.5. The predicted octanol–water partition coefficient (Wildman–Crippen LogP) is 3.62. The minimum atomic E-state index is -0.926. The number of carbonyl (C=O) groups is 1. The van der Waals surface area contributed by atoms with Crippen molar-refractivity contribution in [1.82, 2.24) is 4.90 Å². The highest BCUT2D eigenvalue weighted by Crippen LogP contribution is 2.35. The van der Waals surface area contributed by atoms with Crippen LogP contribution in [0, 0.1) is 0 Å². The lowest BCUT2D eigenvalue weighted by molar-refractivity contribution is -0.147. The highest BCUT2D eigenvalue weighted by molar-refractivity contribution is 7.16. The average molecular weight is 398 g/mol. The lowest BCUT2D eigenvalue weighted by Gasteiger charge is -2.36. The molecule has 26 heavy (non-hydrogen) atoms. The van der Waals surface area contributed by atoms with Crippen LogP contribution in [0.1, 0.15) is 22.6 Å². The highest BCUT2D eigenvalue weighted by Gasteiger charge is 2.33. The van der Waals surface area contributed by atoms with Gasteiger partial charge in [0.15, 0.2) is 0 Å². The number of hydrogen-bond donors (Lipinski definition) is 1. The molecule has 1 aliphatic rings. The Hall–Kier alpha value is -1.80. The molecule has 1 aromatic carbocycles. The first-order valence-corrected chi connectivity index (χ1v) is 9.28. The first-order chi connectivity index (χ1) is 12.5. The van der Waals surface area contributed by atoms with Crippen molar-refractivity contribution in [1.29, 1.82) is 0 Å². The van der Waals surface area contributed by atoms with Crippen molar-refractivity contribution in [2.45, 2.75) is 12.1 Å². The van der Waals surface area contributed by atoms with Gasteiger partial charge in [0, 0.05) is 24.0 Å². The van der Waals surface area contributed by atoms with Crippen molar-refractivity contribution in [3.63, 3.8) is 0 Å². The van der Waals surface area contributed by atoms with E-state index in [0.717, 1.165) is 4.88 Å². The van der Waals surface area contributed by atoms with Gasteiger partial charge in [-0.15, -0.1) is 11.3 Å². The van der Waals surface area contributed by atoms with E-state index in [0.29, 0.717) is 41.1 Å². The molecule has 2 heterocycles. The van der Waals surface area contributed by atoms with Crippen LogP contribution in [0.2, 0.25) is 4.34 Å². The zero-order valence-corrected chi connectivity index (χ0v) is 16.0. The van der Waals surface area contributed by atoms with E-state index in [1.54, 1.807) is 32.4 Å². The van der Waals surface area contributed by atoms with Crippen LogP contribution in [0.25, 0.3) is 0 Å². The molecule has 6 nitrogen and oxygen atoms in total. The number of thiophene rings is 1. The van der Waals surface area contributed by atoms with Crippen molar-refractivity contribution < 1.29 is 24.1 Å². The molecule has 3 rings (SSSR count). The number of nitrogens with zero attached hydrogens (tertiary/aromatic N) is 1. The van der Waals surface area contributed by atoms with E-state index in [9.17, 15) is 9.90 Å². The van der Waals surface area contributed by atoms with Gasteiger partial charge in [-0.05, 0) is 29.8 Å². The lowest BCUT2D eigenvalue weighted by atomic mass is 10.0. The number of aliphatic carboxylic acids is 1. The molecule has 1 saturated heterocycles. The monoisotopic (exact) mass is 397 g/mol. The second-order valence-electron chi connectivity index (χ2n) is 5.88. The van der Waals surface area contributed by atoms with Gasteiger partial charge in [-0.1, -0.05) is 11.6 Å². The minimum absolute atomic E-state index is 0.199. The van der Waals surface area contributed by atoms with E-state index in [-0.39, 0.29) is 6.10 Å². The zero-order chi connectivity index (χ0) is 18.7. The molecule has 0 saturated carbocycles. The van der Waals surface area contributed by atoms with Crippen molar-refractivity contribution in [3.8, 4) is 11.5 Å². The minimum Gasteiger partial charge on any atom is -0.497 e. The van der Waals surface area contributed by atoms with Crippen LogP contribution < -0.4 is 9.47 Å². The van der Waals surface area contributed by atoms with Gasteiger partial charge in [-0.3, -0.25) is 9.69 Å². The Morgan fingerprint density at radius 1 is 1.31 bits per heavy atom. The third kappa shape index (κ3) is 4.12. The molecule has 140 valence electrons. The highest BCUT2D eigenvalue weighted by atomic mass is 35.5. The molecule has 1 N–H and O–H groups in total. The van der Waals surface area contributed by atoms with Crippen molar-refractivity contribution in [2.24, 2.45) is 0 Å². The van der Waals surface area contributed by atoms with Gasteiger partial charge in [0.1, 0.15) is 23.6 Å². The molecule has 1 aromatic heterocycles. The third-order valence-electron chi connectivity index (χ3n) is 4.30. The van der Waals surface area contributed by atoms with Crippen LogP contribution >= 0.6 is 22.9 Å². The number of benzene rings is 1. The topological polar surface area (TPSA) is 68.2 Å². The molecule has 0 amide bonds. The fraction of sp³-hybridized carbons (Fsp3) is 0.389. The van der Waals surface area contributed by atoms with Crippen molar-refractivity contribution in [3.05, 3.63) is 45.1 Å². The van der Waals surface area contributed by atoms with Gasteiger partial charge in [-0.25, -0.2) is 0 Å². The van der Waals surface area contributed by atoms with Crippen LogP contribution in [0.4, 0.5) is 0 Å². The molecular formula is C18H20ClNO5S. The smallest absolute Gasteiger partial charge is 0.325 e. The number of carboxylic acid groups (broad SMARTS) is 1. The largest absolute Gasteiger partial charge is 0.497 e. The van der Waals surface area contributed by atoms with Crippen molar-refractivity contribution >= 4 is 28.9 Å². The molecule has 2 unspecified atom stereocenters. The van der Waals surface area contributed by atoms with Crippen LogP contribution in [0.15, 0.2) is 30.3 Å². The number of rotatable bonds is 6. The summed E-state index contributed by atoms with van der Waals surface area (Å²) >= 11 is 7.47. The van der Waals surface area contributed by atoms with Crippen LogP contribution in [0.3, 0.4) is 0 Å². The van der Waals surface area contributed by atoms with Crippen molar-refractivity contribution in [2.75, 3.05) is 33.9 Å². The fourth-order valence-electron chi connectivity index (χ4n) is 3.07. The molecule has 0 aliphatic carbocycles. The molecule has 1 fully saturated rings. The Balaban J connectivity index is 1.89. The van der Waals surface area contributed by atoms with E-state index in [1.165, 1.54) is 11.3 Å². The number of methoxy groups -OCH3 is 2. The predicted molar refractivity (Wildman–Crippen MR) is 99.5 cm³/mol. The molecule has 2 aromatic rings. The van der Waals surface area contributed by atoms with Gasteiger partial charge in [0.25, 0.3) is 0 Å². The van der Waals surface area contributed by atoms with Crippen LogP contribution in [0.5, 0.6) is 11.5 Å². The lowest BCUT2D eigenvalue weighted by Crippen LogP contribution is -2.43.